The van der Waals surface area contributed by atoms with Crippen LogP contribution in [-0.4, -0.2) is 42.1 Å². The number of benzene rings is 1. The van der Waals surface area contributed by atoms with Gasteiger partial charge in [-0.1, -0.05) is 32.9 Å². The molecule has 4 atom stereocenters. The summed E-state index contributed by atoms with van der Waals surface area (Å²) >= 11 is 1.91. The zero-order valence-corrected chi connectivity index (χ0v) is 16.8. The minimum Gasteiger partial charge on any atom is -0.312 e. The Hall–Kier alpha value is -0.970. The summed E-state index contributed by atoms with van der Waals surface area (Å²) in [4.78, 5) is 7.64. The number of nitrogens with one attached hydrogen (secondary N) is 1. The summed E-state index contributed by atoms with van der Waals surface area (Å²) in [6.07, 6.45) is 3.86. The third kappa shape index (κ3) is 3.13. The molecule has 4 rings (SSSR count). The number of aromatic nitrogens is 1. The summed E-state index contributed by atoms with van der Waals surface area (Å²) in [6, 6.07) is 9.76. The molecule has 1 N–H and O–H groups in total. The fourth-order valence-corrected chi connectivity index (χ4v) is 6.51. The Bertz CT molecular complexity index is 697. The Kier molecular flexibility index (Phi) is 4.63. The molecular weight excluding hydrogens is 326 g/mol. The van der Waals surface area contributed by atoms with E-state index in [2.05, 4.69) is 62.3 Å². The average Bonchev–Trinajstić information content (AvgIpc) is 2.99. The highest BCUT2D eigenvalue weighted by Gasteiger charge is 2.48. The topological polar surface area (TPSA) is 28.2 Å². The highest BCUT2D eigenvalue weighted by molar-refractivity contribution is 7.18. The summed E-state index contributed by atoms with van der Waals surface area (Å²) in [5, 5.41) is 5.21. The quantitative estimate of drug-likeness (QED) is 0.858. The molecule has 136 valence electrons. The first kappa shape index (κ1) is 17.4. The Morgan fingerprint density at radius 1 is 1.20 bits per heavy atom. The van der Waals surface area contributed by atoms with Gasteiger partial charge in [-0.05, 0) is 62.9 Å². The van der Waals surface area contributed by atoms with Gasteiger partial charge in [-0.15, -0.1) is 11.3 Å². The molecule has 2 fully saturated rings. The van der Waals surface area contributed by atoms with E-state index in [9.17, 15) is 0 Å². The zero-order chi connectivity index (χ0) is 17.6. The summed E-state index contributed by atoms with van der Waals surface area (Å²) in [7, 11) is 2.32. The summed E-state index contributed by atoms with van der Waals surface area (Å²) in [6.45, 7) is 9.65. The molecule has 2 saturated heterocycles. The molecular formula is C21H31N3S. The zero-order valence-electron chi connectivity index (χ0n) is 16.0. The van der Waals surface area contributed by atoms with Crippen LogP contribution < -0.4 is 5.32 Å². The normalized spacial score (nSPS) is 33.6. The lowest BCUT2D eigenvalue weighted by atomic mass is 9.65. The molecule has 2 aliphatic heterocycles. The first-order valence-electron chi connectivity index (χ1n) is 9.76. The van der Waals surface area contributed by atoms with Gasteiger partial charge in [0.05, 0.1) is 15.2 Å². The Morgan fingerprint density at radius 2 is 2.00 bits per heavy atom. The highest BCUT2D eigenvalue weighted by atomic mass is 32.1. The number of nitrogens with zero attached hydrogens (tertiary/aromatic N) is 2. The molecule has 2 aromatic rings. The minimum absolute atomic E-state index is 0.221. The number of rotatable bonds is 2. The molecule has 2 aliphatic rings. The van der Waals surface area contributed by atoms with E-state index < -0.39 is 0 Å². The van der Waals surface area contributed by atoms with Crippen molar-refractivity contribution < 1.29 is 0 Å². The van der Waals surface area contributed by atoms with Crippen LogP contribution in [0.3, 0.4) is 0 Å². The number of likely N-dealkylation sites (tertiary alicyclic amines) is 1. The molecule has 0 aliphatic carbocycles. The molecule has 1 aromatic heterocycles. The van der Waals surface area contributed by atoms with Crippen molar-refractivity contribution in [1.82, 2.24) is 15.2 Å². The molecule has 0 bridgehead atoms. The summed E-state index contributed by atoms with van der Waals surface area (Å²) in [5.41, 5.74) is 1.39. The lowest BCUT2D eigenvalue weighted by Gasteiger charge is -2.53. The standard InChI is InChI=1S/C21H31N3S/c1-14-9-10-17(22-13-14)19-21(2,3)15(11-12-24(19)4)20-23-16-7-5-6-8-18(16)25-20/h5-8,14-15,17,19,22H,9-13H2,1-4H3/t14-,15?,17+,19?/m0/s1. The lowest BCUT2D eigenvalue weighted by molar-refractivity contribution is 0.00315. The van der Waals surface area contributed by atoms with Crippen LogP contribution in [0.25, 0.3) is 10.2 Å². The van der Waals surface area contributed by atoms with E-state index in [-0.39, 0.29) is 5.41 Å². The molecule has 2 unspecified atom stereocenters. The number of para-hydroxylation sites is 1. The minimum atomic E-state index is 0.221. The third-order valence-corrected chi connectivity index (χ3v) is 7.74. The SMILES string of the molecule is C[C@H]1CC[C@H](C2N(C)CCC(c3nc4ccccc4s3)C2(C)C)NC1. The van der Waals surface area contributed by atoms with Gasteiger partial charge >= 0.3 is 0 Å². The molecule has 1 aromatic carbocycles. The summed E-state index contributed by atoms with van der Waals surface area (Å²) < 4.78 is 1.33. The van der Waals surface area contributed by atoms with Crippen LogP contribution in [0.1, 0.15) is 51.0 Å². The van der Waals surface area contributed by atoms with Crippen LogP contribution in [0, 0.1) is 11.3 Å². The van der Waals surface area contributed by atoms with Crippen molar-refractivity contribution in [2.45, 2.75) is 58.0 Å². The van der Waals surface area contributed by atoms with E-state index in [0.717, 1.165) is 12.5 Å². The van der Waals surface area contributed by atoms with Gasteiger partial charge in [0.2, 0.25) is 0 Å². The number of hydrogen-bond donors (Lipinski definition) is 1. The van der Waals surface area contributed by atoms with Crippen LogP contribution in [0.15, 0.2) is 24.3 Å². The predicted octanol–water partition coefficient (Wildman–Crippen LogP) is 4.50. The molecule has 0 saturated carbocycles. The maximum Gasteiger partial charge on any atom is 0.0975 e. The molecule has 3 heterocycles. The smallest absolute Gasteiger partial charge is 0.0975 e. The van der Waals surface area contributed by atoms with Gasteiger partial charge in [0.25, 0.3) is 0 Å². The van der Waals surface area contributed by atoms with Gasteiger partial charge in [0.1, 0.15) is 0 Å². The fraction of sp³-hybridized carbons (Fsp3) is 0.667. The van der Waals surface area contributed by atoms with E-state index in [4.69, 9.17) is 4.98 Å². The summed E-state index contributed by atoms with van der Waals surface area (Å²) in [5.74, 6) is 1.36. The maximum atomic E-state index is 5.03. The van der Waals surface area contributed by atoms with Crippen molar-refractivity contribution >= 4 is 21.6 Å². The number of likely N-dealkylation sites (N-methyl/N-ethyl adjacent to an activating group) is 1. The molecule has 0 radical (unpaired) electrons. The van der Waals surface area contributed by atoms with Gasteiger partial charge in [0, 0.05) is 18.0 Å². The molecule has 4 heteroatoms. The molecule has 0 spiro atoms. The van der Waals surface area contributed by atoms with Gasteiger partial charge < -0.3 is 10.2 Å². The first-order valence-corrected chi connectivity index (χ1v) is 10.6. The van der Waals surface area contributed by atoms with E-state index in [1.165, 1.54) is 41.0 Å². The number of thiazole rings is 1. The van der Waals surface area contributed by atoms with Gasteiger partial charge in [-0.25, -0.2) is 4.98 Å². The van der Waals surface area contributed by atoms with Crippen LogP contribution in [0.4, 0.5) is 0 Å². The second kappa shape index (κ2) is 6.64. The van der Waals surface area contributed by atoms with Crippen molar-refractivity contribution in [2.24, 2.45) is 11.3 Å². The maximum absolute atomic E-state index is 5.03. The van der Waals surface area contributed by atoms with Crippen LogP contribution in [0.5, 0.6) is 0 Å². The first-order chi connectivity index (χ1) is 12.0. The van der Waals surface area contributed by atoms with Crippen LogP contribution >= 0.6 is 11.3 Å². The fourth-order valence-electron chi connectivity index (χ4n) is 5.21. The van der Waals surface area contributed by atoms with Crippen molar-refractivity contribution in [2.75, 3.05) is 20.1 Å². The lowest BCUT2D eigenvalue weighted by Crippen LogP contribution is -2.62. The monoisotopic (exact) mass is 357 g/mol. The third-order valence-electron chi connectivity index (χ3n) is 6.59. The van der Waals surface area contributed by atoms with Crippen LogP contribution in [-0.2, 0) is 0 Å². The van der Waals surface area contributed by atoms with Gasteiger partial charge in [-0.3, -0.25) is 0 Å². The highest BCUT2D eigenvalue weighted by Crippen LogP contribution is 2.49. The molecule has 25 heavy (non-hydrogen) atoms. The van der Waals surface area contributed by atoms with E-state index in [1.807, 2.05) is 11.3 Å². The van der Waals surface area contributed by atoms with Crippen molar-refractivity contribution in [3.05, 3.63) is 29.3 Å². The average molecular weight is 358 g/mol. The van der Waals surface area contributed by atoms with Crippen molar-refractivity contribution in [1.29, 1.82) is 0 Å². The Labute approximate surface area is 155 Å². The van der Waals surface area contributed by atoms with Gasteiger partial charge in [-0.2, -0.15) is 0 Å². The number of fused-ring (bicyclic) bond motifs is 1. The molecule has 3 nitrogen and oxygen atoms in total. The van der Waals surface area contributed by atoms with E-state index >= 15 is 0 Å². The van der Waals surface area contributed by atoms with Crippen molar-refractivity contribution in [3.8, 4) is 0 Å². The second-order valence-corrected chi connectivity index (χ2v) is 9.87. The van der Waals surface area contributed by atoms with Crippen LogP contribution in [0.2, 0.25) is 0 Å². The van der Waals surface area contributed by atoms with Crippen molar-refractivity contribution in [3.63, 3.8) is 0 Å². The predicted molar refractivity (Wildman–Crippen MR) is 107 cm³/mol. The largest absolute Gasteiger partial charge is 0.312 e. The van der Waals surface area contributed by atoms with E-state index in [0.29, 0.717) is 18.0 Å². The molecule has 0 amide bonds. The van der Waals surface area contributed by atoms with E-state index in [1.54, 1.807) is 0 Å². The number of hydrogen-bond acceptors (Lipinski definition) is 4. The Balaban J connectivity index is 1.64. The van der Waals surface area contributed by atoms with Gasteiger partial charge in [0.15, 0.2) is 0 Å². The Morgan fingerprint density at radius 3 is 2.72 bits per heavy atom. The second-order valence-electron chi connectivity index (χ2n) is 8.81. The number of piperidine rings is 2.